The SMILES string of the molecule is CCc1cc(C(c2ccc(-c3ccc(C(c4ccc(O)c(C)c4)c4ccc(O)c(C)c4)cc3)cc2)c2ccc(O)c(C)c2)ccc1O. The topological polar surface area (TPSA) is 80.9 Å². The first-order valence-electron chi connectivity index (χ1n) is 16.0. The molecular weight excluding hydrogens is 580 g/mol. The molecule has 0 saturated carbocycles. The number of aryl methyl sites for hydroxylation is 4. The molecule has 1 atom stereocenters. The molecule has 0 saturated heterocycles. The van der Waals surface area contributed by atoms with Crippen molar-refractivity contribution in [1.29, 1.82) is 0 Å². The van der Waals surface area contributed by atoms with E-state index in [2.05, 4.69) is 54.6 Å². The summed E-state index contributed by atoms with van der Waals surface area (Å²) in [6, 6.07) is 40.3. The fourth-order valence-electron chi connectivity index (χ4n) is 6.53. The minimum Gasteiger partial charge on any atom is -0.508 e. The molecule has 0 fully saturated rings. The highest BCUT2D eigenvalue weighted by atomic mass is 16.3. The summed E-state index contributed by atoms with van der Waals surface area (Å²) in [6.07, 6.45) is 0.732. The third-order valence-corrected chi connectivity index (χ3v) is 9.30. The van der Waals surface area contributed by atoms with E-state index in [1.165, 1.54) is 0 Å². The molecule has 47 heavy (non-hydrogen) atoms. The van der Waals surface area contributed by atoms with Crippen molar-refractivity contribution >= 4 is 0 Å². The molecule has 0 aliphatic rings. The Morgan fingerprint density at radius 1 is 0.383 bits per heavy atom. The van der Waals surface area contributed by atoms with Gasteiger partial charge in [0.05, 0.1) is 0 Å². The molecule has 4 N–H and O–H groups in total. The zero-order valence-electron chi connectivity index (χ0n) is 27.2. The maximum atomic E-state index is 10.4. The van der Waals surface area contributed by atoms with Crippen molar-refractivity contribution in [3.05, 3.63) is 177 Å². The van der Waals surface area contributed by atoms with Crippen LogP contribution in [-0.2, 0) is 6.42 Å². The minimum atomic E-state index is -0.0714. The molecule has 4 nitrogen and oxygen atoms in total. The average molecular weight is 621 g/mol. The van der Waals surface area contributed by atoms with Crippen molar-refractivity contribution in [1.82, 2.24) is 0 Å². The van der Waals surface area contributed by atoms with Crippen LogP contribution in [-0.4, -0.2) is 20.4 Å². The van der Waals surface area contributed by atoms with Gasteiger partial charge in [0.25, 0.3) is 0 Å². The van der Waals surface area contributed by atoms with Gasteiger partial charge in [0, 0.05) is 11.8 Å². The lowest BCUT2D eigenvalue weighted by Gasteiger charge is -2.22. The van der Waals surface area contributed by atoms with Crippen LogP contribution in [0, 0.1) is 20.8 Å². The summed E-state index contributed by atoms with van der Waals surface area (Å²) < 4.78 is 0. The largest absolute Gasteiger partial charge is 0.508 e. The molecule has 0 aromatic heterocycles. The first-order valence-corrected chi connectivity index (χ1v) is 16.0. The quantitative estimate of drug-likeness (QED) is 0.128. The summed E-state index contributed by atoms with van der Waals surface area (Å²) in [6.45, 7) is 7.76. The Morgan fingerprint density at radius 2 is 0.681 bits per heavy atom. The summed E-state index contributed by atoms with van der Waals surface area (Å²) in [5, 5.41) is 41.0. The maximum Gasteiger partial charge on any atom is 0.118 e. The Balaban J connectivity index is 1.36. The molecule has 0 heterocycles. The molecule has 6 aromatic carbocycles. The van der Waals surface area contributed by atoms with Crippen LogP contribution in [0.15, 0.2) is 121 Å². The molecule has 0 spiro atoms. The first-order chi connectivity index (χ1) is 22.6. The number of hydrogen-bond donors (Lipinski definition) is 4. The van der Waals surface area contributed by atoms with Gasteiger partial charge in [0.1, 0.15) is 23.0 Å². The Hall–Kier alpha value is -5.48. The van der Waals surface area contributed by atoms with Gasteiger partial charge in [-0.2, -0.15) is 0 Å². The van der Waals surface area contributed by atoms with Gasteiger partial charge < -0.3 is 20.4 Å². The predicted octanol–water partition coefficient (Wildman–Crippen LogP) is 10.0. The van der Waals surface area contributed by atoms with Crippen LogP contribution in [0.5, 0.6) is 23.0 Å². The van der Waals surface area contributed by atoms with Crippen molar-refractivity contribution in [3.63, 3.8) is 0 Å². The van der Waals surface area contributed by atoms with E-state index in [4.69, 9.17) is 0 Å². The van der Waals surface area contributed by atoms with Crippen LogP contribution < -0.4 is 0 Å². The molecule has 4 heteroatoms. The second-order valence-electron chi connectivity index (χ2n) is 12.5. The van der Waals surface area contributed by atoms with Crippen molar-refractivity contribution in [2.24, 2.45) is 0 Å². The molecule has 1 unspecified atom stereocenters. The van der Waals surface area contributed by atoms with Gasteiger partial charge in [-0.25, -0.2) is 0 Å². The lowest BCUT2D eigenvalue weighted by atomic mass is 9.82. The van der Waals surface area contributed by atoms with Gasteiger partial charge in [-0.3, -0.25) is 0 Å². The fraction of sp³-hybridized carbons (Fsp3) is 0.163. The van der Waals surface area contributed by atoms with Gasteiger partial charge in [-0.1, -0.05) is 104 Å². The summed E-state index contributed by atoms with van der Waals surface area (Å²) in [5.41, 5.74) is 12.1. The second-order valence-corrected chi connectivity index (χ2v) is 12.5. The third kappa shape index (κ3) is 6.45. The summed E-state index contributed by atoms with van der Waals surface area (Å²) in [5.74, 6) is 0.978. The second kappa shape index (κ2) is 13.1. The summed E-state index contributed by atoms with van der Waals surface area (Å²) >= 11 is 0. The molecule has 0 amide bonds. The van der Waals surface area contributed by atoms with E-state index in [-0.39, 0.29) is 29.1 Å². The zero-order chi connectivity index (χ0) is 33.2. The molecule has 0 aliphatic heterocycles. The lowest BCUT2D eigenvalue weighted by molar-refractivity contribution is 0.468. The Bertz CT molecular complexity index is 1990. The predicted molar refractivity (Wildman–Crippen MR) is 190 cm³/mol. The molecule has 6 rings (SSSR count). The third-order valence-electron chi connectivity index (χ3n) is 9.30. The summed E-state index contributed by atoms with van der Waals surface area (Å²) in [7, 11) is 0. The van der Waals surface area contributed by atoms with E-state index in [9.17, 15) is 20.4 Å². The van der Waals surface area contributed by atoms with Gasteiger partial charge in [-0.05, 0) is 118 Å². The normalized spacial score (nSPS) is 11.9. The summed E-state index contributed by atoms with van der Waals surface area (Å²) in [4.78, 5) is 0. The highest BCUT2D eigenvalue weighted by Crippen LogP contribution is 2.39. The van der Waals surface area contributed by atoms with Crippen LogP contribution in [0.3, 0.4) is 0 Å². The van der Waals surface area contributed by atoms with Crippen LogP contribution in [0.4, 0.5) is 0 Å². The number of aromatic hydroxyl groups is 4. The Kier molecular flexibility index (Phi) is 8.78. The Labute approximate surface area is 276 Å². The smallest absolute Gasteiger partial charge is 0.118 e. The molecule has 0 radical (unpaired) electrons. The number of hydrogen-bond acceptors (Lipinski definition) is 4. The van der Waals surface area contributed by atoms with Crippen molar-refractivity contribution < 1.29 is 20.4 Å². The van der Waals surface area contributed by atoms with Gasteiger partial charge >= 0.3 is 0 Å². The molecule has 236 valence electrons. The number of rotatable bonds is 8. The molecule has 6 aromatic rings. The van der Waals surface area contributed by atoms with Crippen LogP contribution in [0.25, 0.3) is 11.1 Å². The van der Waals surface area contributed by atoms with E-state index in [1.54, 1.807) is 24.3 Å². The minimum absolute atomic E-state index is 0.0695. The van der Waals surface area contributed by atoms with Gasteiger partial charge in [-0.15, -0.1) is 0 Å². The fourth-order valence-corrected chi connectivity index (χ4v) is 6.53. The van der Waals surface area contributed by atoms with E-state index in [0.29, 0.717) is 5.75 Å². The van der Waals surface area contributed by atoms with Crippen molar-refractivity contribution in [3.8, 4) is 34.1 Å². The van der Waals surface area contributed by atoms with E-state index in [0.717, 1.165) is 73.2 Å². The van der Waals surface area contributed by atoms with Crippen molar-refractivity contribution in [2.75, 3.05) is 0 Å². The van der Waals surface area contributed by atoms with E-state index < -0.39 is 0 Å². The standard InChI is InChI=1S/C43H40O4/c1-5-29-25-37(17-21-41(29)47)43(36-16-20-40(46)28(4)24-36)33-12-8-31(9-13-33)30-6-10-32(11-7-30)42(34-14-18-38(44)26(2)22-34)35-15-19-39(45)27(3)23-35/h6-25,42-47H,5H2,1-4H3. The number of benzene rings is 6. The molecule has 0 bridgehead atoms. The number of phenolic OH excluding ortho intramolecular Hbond substituents is 4. The van der Waals surface area contributed by atoms with E-state index in [1.807, 2.05) is 70.2 Å². The highest BCUT2D eigenvalue weighted by Gasteiger charge is 2.21. The number of phenols is 4. The van der Waals surface area contributed by atoms with Gasteiger partial charge in [0.2, 0.25) is 0 Å². The maximum absolute atomic E-state index is 10.4. The lowest BCUT2D eigenvalue weighted by Crippen LogP contribution is -2.05. The van der Waals surface area contributed by atoms with Crippen molar-refractivity contribution in [2.45, 2.75) is 46.0 Å². The highest BCUT2D eigenvalue weighted by molar-refractivity contribution is 5.65. The van der Waals surface area contributed by atoms with Crippen LogP contribution in [0.2, 0.25) is 0 Å². The van der Waals surface area contributed by atoms with Gasteiger partial charge in [0.15, 0.2) is 0 Å². The zero-order valence-corrected chi connectivity index (χ0v) is 27.2. The van der Waals surface area contributed by atoms with E-state index >= 15 is 0 Å². The molecular formula is C43H40O4. The Morgan fingerprint density at radius 3 is 1.00 bits per heavy atom. The van der Waals surface area contributed by atoms with Crippen LogP contribution >= 0.6 is 0 Å². The first kappa shape index (κ1) is 31.5. The average Bonchev–Trinajstić information content (AvgIpc) is 3.07. The monoisotopic (exact) mass is 620 g/mol. The van der Waals surface area contributed by atoms with Crippen LogP contribution in [0.1, 0.15) is 74.4 Å². The molecule has 0 aliphatic carbocycles.